The molecule has 5 rings (SSSR count). The minimum absolute atomic E-state index is 0.310. The molecule has 2 heterocycles. The highest BCUT2D eigenvalue weighted by molar-refractivity contribution is 5.26. The van der Waals surface area contributed by atoms with Gasteiger partial charge >= 0.3 is 0 Å². The van der Waals surface area contributed by atoms with Gasteiger partial charge in [0.25, 0.3) is 0 Å². The molecule has 1 aliphatic rings. The van der Waals surface area contributed by atoms with Gasteiger partial charge in [0.15, 0.2) is 0 Å². The van der Waals surface area contributed by atoms with Crippen LogP contribution in [0.1, 0.15) is 35.6 Å². The van der Waals surface area contributed by atoms with E-state index in [1.54, 1.807) is 18.3 Å². The van der Waals surface area contributed by atoms with E-state index in [9.17, 15) is 5.11 Å². The Morgan fingerprint density at radius 2 is 1.29 bits per heavy atom. The van der Waals surface area contributed by atoms with Gasteiger partial charge in [0.05, 0.1) is 19.3 Å². The maximum Gasteiger partial charge on any atom is 0.224 e. The molecule has 4 aromatic rings. The average Bonchev–Trinajstić information content (AvgIpc) is 3.27. The summed E-state index contributed by atoms with van der Waals surface area (Å²) >= 11 is 0. The van der Waals surface area contributed by atoms with Crippen LogP contribution in [0.5, 0.6) is 5.88 Å². The molecule has 1 aromatic heterocycles. The quantitative estimate of drug-likeness (QED) is 0.275. The summed E-state index contributed by atoms with van der Waals surface area (Å²) in [7, 11) is 0. The Labute approximate surface area is 223 Å². The van der Waals surface area contributed by atoms with E-state index in [0.29, 0.717) is 37.7 Å². The lowest BCUT2D eigenvalue weighted by Gasteiger charge is -2.30. The van der Waals surface area contributed by atoms with Crippen molar-refractivity contribution >= 4 is 0 Å². The van der Waals surface area contributed by atoms with Crippen LogP contribution >= 0.6 is 0 Å². The number of pyridine rings is 1. The summed E-state index contributed by atoms with van der Waals surface area (Å²) < 4.78 is 24.9. The molecular weight excluding hydrogens is 478 g/mol. The summed E-state index contributed by atoms with van der Waals surface area (Å²) in [5.41, 5.74) is 3.59. The second-order valence-corrected chi connectivity index (χ2v) is 9.40. The van der Waals surface area contributed by atoms with Crippen molar-refractivity contribution in [1.82, 2.24) is 4.98 Å². The van der Waals surface area contributed by atoms with Crippen molar-refractivity contribution in [3.05, 3.63) is 132 Å². The zero-order valence-electron chi connectivity index (χ0n) is 21.5. The van der Waals surface area contributed by atoms with Crippen molar-refractivity contribution in [2.75, 3.05) is 0 Å². The Balaban J connectivity index is 1.36. The summed E-state index contributed by atoms with van der Waals surface area (Å²) in [5.74, 6) is -1.27. The van der Waals surface area contributed by atoms with Crippen LogP contribution in [0, 0.1) is 0 Å². The van der Waals surface area contributed by atoms with E-state index in [2.05, 4.69) is 4.98 Å². The number of rotatable bonds is 11. The van der Waals surface area contributed by atoms with E-state index in [4.69, 9.17) is 18.9 Å². The summed E-state index contributed by atoms with van der Waals surface area (Å²) in [6, 6.07) is 33.3. The number of benzene rings is 3. The van der Waals surface area contributed by atoms with Crippen LogP contribution in [-0.4, -0.2) is 28.4 Å². The van der Waals surface area contributed by atoms with Gasteiger partial charge in [-0.15, -0.1) is 0 Å². The molecule has 1 saturated heterocycles. The second-order valence-electron chi connectivity index (χ2n) is 9.40. The second kappa shape index (κ2) is 12.3. The van der Waals surface area contributed by atoms with Crippen molar-refractivity contribution in [2.45, 2.75) is 57.3 Å². The van der Waals surface area contributed by atoms with Crippen LogP contribution in [-0.2, 0) is 39.8 Å². The lowest BCUT2D eigenvalue weighted by atomic mass is 9.98. The lowest BCUT2D eigenvalue weighted by molar-refractivity contribution is -0.250. The molecule has 3 aromatic carbocycles. The molecule has 6 nitrogen and oxygen atoms in total. The maximum atomic E-state index is 12.0. The molecule has 0 saturated carbocycles. The number of aliphatic hydroxyl groups is 1. The molecule has 38 heavy (non-hydrogen) atoms. The SMILES string of the molecule is CC[C@H]1OC(O)(c2ccc(OCc3ccccc3)nc2)C(OCc2ccccc2)[C@H]1OCc1ccccc1. The Bertz CT molecular complexity index is 1250. The predicted molar refractivity (Wildman–Crippen MR) is 144 cm³/mol. The van der Waals surface area contributed by atoms with Gasteiger partial charge in [0.1, 0.15) is 18.8 Å². The van der Waals surface area contributed by atoms with Crippen molar-refractivity contribution in [1.29, 1.82) is 0 Å². The van der Waals surface area contributed by atoms with Crippen molar-refractivity contribution in [2.24, 2.45) is 0 Å². The Morgan fingerprint density at radius 3 is 1.82 bits per heavy atom. The van der Waals surface area contributed by atoms with E-state index >= 15 is 0 Å². The predicted octanol–water partition coefficient (Wildman–Crippen LogP) is 5.79. The number of ether oxygens (including phenoxy) is 4. The molecular formula is C32H33NO5. The smallest absolute Gasteiger partial charge is 0.224 e. The summed E-state index contributed by atoms with van der Waals surface area (Å²) in [6.07, 6.45) is 0.625. The van der Waals surface area contributed by atoms with Gasteiger partial charge in [-0.1, -0.05) is 97.9 Å². The maximum absolute atomic E-state index is 12.0. The van der Waals surface area contributed by atoms with Gasteiger partial charge in [-0.05, 0) is 29.2 Å². The lowest BCUT2D eigenvalue weighted by Crippen LogP contribution is -2.44. The van der Waals surface area contributed by atoms with Gasteiger partial charge < -0.3 is 24.1 Å². The van der Waals surface area contributed by atoms with Gasteiger partial charge in [0, 0.05) is 17.8 Å². The van der Waals surface area contributed by atoms with Crippen molar-refractivity contribution < 1.29 is 24.1 Å². The topological polar surface area (TPSA) is 70.0 Å². The van der Waals surface area contributed by atoms with E-state index in [1.807, 2.05) is 97.9 Å². The number of hydrogen-bond donors (Lipinski definition) is 1. The summed E-state index contributed by atoms with van der Waals surface area (Å²) in [5, 5.41) is 12.0. The van der Waals surface area contributed by atoms with Crippen LogP contribution in [0.3, 0.4) is 0 Å². The van der Waals surface area contributed by atoms with E-state index in [0.717, 1.165) is 16.7 Å². The van der Waals surface area contributed by atoms with Crippen LogP contribution in [0.4, 0.5) is 0 Å². The fourth-order valence-corrected chi connectivity index (χ4v) is 4.67. The van der Waals surface area contributed by atoms with E-state index < -0.39 is 18.0 Å². The summed E-state index contributed by atoms with van der Waals surface area (Å²) in [6.45, 7) is 3.12. The molecule has 4 atom stereocenters. The molecule has 1 fully saturated rings. The van der Waals surface area contributed by atoms with Gasteiger partial charge in [-0.2, -0.15) is 0 Å². The fraction of sp³-hybridized carbons (Fsp3) is 0.281. The summed E-state index contributed by atoms with van der Waals surface area (Å²) in [4.78, 5) is 4.45. The highest BCUT2D eigenvalue weighted by atomic mass is 16.7. The largest absolute Gasteiger partial charge is 0.473 e. The molecule has 0 spiro atoms. The first kappa shape index (κ1) is 26.1. The number of nitrogens with zero attached hydrogens (tertiary/aromatic N) is 1. The molecule has 1 aliphatic heterocycles. The van der Waals surface area contributed by atoms with Crippen LogP contribution < -0.4 is 4.74 Å². The van der Waals surface area contributed by atoms with Gasteiger partial charge in [-0.25, -0.2) is 4.98 Å². The average molecular weight is 512 g/mol. The Morgan fingerprint density at radius 1 is 0.737 bits per heavy atom. The van der Waals surface area contributed by atoms with Crippen molar-refractivity contribution in [3.8, 4) is 5.88 Å². The Kier molecular flexibility index (Phi) is 8.46. The monoisotopic (exact) mass is 511 g/mol. The fourth-order valence-electron chi connectivity index (χ4n) is 4.67. The third-order valence-corrected chi connectivity index (χ3v) is 6.72. The number of aromatic nitrogens is 1. The van der Waals surface area contributed by atoms with Gasteiger partial charge in [-0.3, -0.25) is 0 Å². The first-order valence-corrected chi connectivity index (χ1v) is 13.0. The van der Waals surface area contributed by atoms with Crippen LogP contribution in [0.25, 0.3) is 0 Å². The molecule has 0 bridgehead atoms. The van der Waals surface area contributed by atoms with Gasteiger partial charge in [0.2, 0.25) is 11.7 Å². The first-order valence-electron chi connectivity index (χ1n) is 13.0. The first-order chi connectivity index (χ1) is 18.7. The van der Waals surface area contributed by atoms with E-state index in [1.165, 1.54) is 0 Å². The van der Waals surface area contributed by atoms with Crippen LogP contribution in [0.2, 0.25) is 0 Å². The third kappa shape index (κ3) is 6.11. The molecule has 0 amide bonds. The van der Waals surface area contributed by atoms with Crippen LogP contribution in [0.15, 0.2) is 109 Å². The normalized spacial score (nSPS) is 22.8. The minimum Gasteiger partial charge on any atom is -0.473 e. The van der Waals surface area contributed by atoms with E-state index in [-0.39, 0.29) is 6.10 Å². The Hall–Kier alpha value is -3.55. The number of hydrogen-bond acceptors (Lipinski definition) is 6. The minimum atomic E-state index is -1.73. The molecule has 1 N–H and O–H groups in total. The molecule has 196 valence electrons. The zero-order valence-corrected chi connectivity index (χ0v) is 21.5. The van der Waals surface area contributed by atoms with Crippen molar-refractivity contribution in [3.63, 3.8) is 0 Å². The highest BCUT2D eigenvalue weighted by Crippen LogP contribution is 2.42. The molecule has 2 unspecified atom stereocenters. The highest BCUT2D eigenvalue weighted by Gasteiger charge is 2.56. The standard InChI is InChI=1S/C32H33NO5/c1-2-28-30(36-22-25-14-8-4-9-15-25)31(37-23-26-16-10-5-11-17-26)32(34,38-28)27-18-19-29(33-20-27)35-21-24-12-6-3-7-13-24/h3-20,28,30-31,34H,2,21-23H2,1H3/t28-,30+,31?,32?/m1/s1. The molecule has 0 radical (unpaired) electrons. The third-order valence-electron chi connectivity index (χ3n) is 6.72. The molecule has 6 heteroatoms. The zero-order chi connectivity index (χ0) is 26.2. The molecule has 0 aliphatic carbocycles.